The van der Waals surface area contributed by atoms with Gasteiger partial charge >= 0.3 is 0 Å². The number of hydrogen-bond donors (Lipinski definition) is 2. The Bertz CT molecular complexity index is 558. The average molecular weight is 354 g/mol. The Morgan fingerprint density at radius 2 is 2.33 bits per heavy atom. The van der Waals surface area contributed by atoms with E-state index in [2.05, 4.69) is 33.1 Å². The van der Waals surface area contributed by atoms with Gasteiger partial charge in [0.15, 0.2) is 0 Å². The van der Waals surface area contributed by atoms with E-state index < -0.39 is 6.04 Å². The van der Waals surface area contributed by atoms with Crippen LogP contribution in [0.4, 0.5) is 11.4 Å². The molecule has 0 spiro atoms. The maximum absolute atomic E-state index is 11.7. The molecule has 0 radical (unpaired) electrons. The molecule has 1 aromatic carbocycles. The van der Waals surface area contributed by atoms with Crippen LogP contribution in [-0.2, 0) is 9.53 Å². The maximum atomic E-state index is 11.7. The van der Waals surface area contributed by atoms with Crippen LogP contribution in [0.25, 0.3) is 0 Å². The number of halogens is 1. The Kier molecular flexibility index (Phi) is 4.19. The summed E-state index contributed by atoms with van der Waals surface area (Å²) in [6, 6.07) is 3.38. The van der Waals surface area contributed by atoms with Crippen molar-refractivity contribution in [3.63, 3.8) is 0 Å². The van der Waals surface area contributed by atoms with Crippen molar-refractivity contribution >= 4 is 33.2 Å². The molecule has 0 saturated carbocycles. The number of fused-ring (bicyclic) bond motifs is 1. The van der Waals surface area contributed by atoms with Gasteiger partial charge < -0.3 is 20.7 Å². The second-order valence-corrected chi connectivity index (χ2v) is 6.39. The minimum absolute atomic E-state index is 0.142. The highest BCUT2D eigenvalue weighted by atomic mass is 79.9. The summed E-state index contributed by atoms with van der Waals surface area (Å²) in [5.74, 6) is -0.142. The largest absolute Gasteiger partial charge is 0.376 e. The first-order chi connectivity index (χ1) is 10.1. The fraction of sp³-hybridized carbons (Fsp3) is 0.533. The quantitative estimate of drug-likeness (QED) is 0.872. The lowest BCUT2D eigenvalue weighted by molar-refractivity contribution is -0.116. The Morgan fingerprint density at radius 1 is 1.52 bits per heavy atom. The zero-order chi connectivity index (χ0) is 15.0. The highest BCUT2D eigenvalue weighted by Gasteiger charge is 2.29. The molecule has 1 fully saturated rings. The van der Waals surface area contributed by atoms with Gasteiger partial charge in [0, 0.05) is 35.4 Å². The summed E-state index contributed by atoms with van der Waals surface area (Å²) in [5.41, 5.74) is 8.62. The molecule has 0 aliphatic carbocycles. The maximum Gasteiger partial charge on any atom is 0.245 e. The fourth-order valence-corrected chi connectivity index (χ4v) is 3.58. The molecule has 3 rings (SSSR count). The van der Waals surface area contributed by atoms with E-state index in [1.807, 2.05) is 12.1 Å². The van der Waals surface area contributed by atoms with Crippen LogP contribution in [0.2, 0.25) is 0 Å². The summed E-state index contributed by atoms with van der Waals surface area (Å²) in [4.78, 5) is 14.0. The zero-order valence-corrected chi connectivity index (χ0v) is 13.6. The van der Waals surface area contributed by atoms with Gasteiger partial charge in [-0.2, -0.15) is 0 Å². The number of rotatable bonds is 4. The molecule has 2 atom stereocenters. The molecular weight excluding hydrogens is 334 g/mol. The summed E-state index contributed by atoms with van der Waals surface area (Å²) in [6.07, 6.45) is 2.54. The Balaban J connectivity index is 1.87. The van der Waals surface area contributed by atoms with E-state index >= 15 is 0 Å². The van der Waals surface area contributed by atoms with E-state index in [4.69, 9.17) is 10.5 Å². The van der Waals surface area contributed by atoms with Crippen LogP contribution in [0.3, 0.4) is 0 Å². The van der Waals surface area contributed by atoms with Crippen LogP contribution in [0.1, 0.15) is 31.4 Å². The predicted octanol–water partition coefficient (Wildman–Crippen LogP) is 2.41. The van der Waals surface area contributed by atoms with Gasteiger partial charge in [0.05, 0.1) is 11.8 Å². The summed E-state index contributed by atoms with van der Waals surface area (Å²) in [5, 5.41) is 2.84. The summed E-state index contributed by atoms with van der Waals surface area (Å²) < 4.78 is 6.69. The van der Waals surface area contributed by atoms with Crippen molar-refractivity contribution in [2.24, 2.45) is 5.73 Å². The number of nitrogens with zero attached hydrogens (tertiary/aromatic N) is 1. The van der Waals surface area contributed by atoms with Gasteiger partial charge in [-0.25, -0.2) is 0 Å². The van der Waals surface area contributed by atoms with Crippen LogP contribution in [0.5, 0.6) is 0 Å². The average Bonchev–Trinajstić information content (AvgIpc) is 3.06. The van der Waals surface area contributed by atoms with E-state index in [0.29, 0.717) is 6.10 Å². The van der Waals surface area contributed by atoms with Crippen molar-refractivity contribution in [1.29, 1.82) is 0 Å². The van der Waals surface area contributed by atoms with Gasteiger partial charge in [-0.1, -0.05) is 0 Å². The highest BCUT2D eigenvalue weighted by molar-refractivity contribution is 9.10. The lowest BCUT2D eigenvalue weighted by atomic mass is 10.1. The zero-order valence-electron chi connectivity index (χ0n) is 12.1. The van der Waals surface area contributed by atoms with Crippen molar-refractivity contribution in [2.45, 2.75) is 31.9 Å². The van der Waals surface area contributed by atoms with E-state index in [9.17, 15) is 4.79 Å². The van der Waals surface area contributed by atoms with Crippen molar-refractivity contribution in [2.75, 3.05) is 29.9 Å². The van der Waals surface area contributed by atoms with Crippen molar-refractivity contribution in [3.05, 3.63) is 22.2 Å². The number of carbonyl (C=O) groups is 1. The summed E-state index contributed by atoms with van der Waals surface area (Å²) in [7, 11) is 0. The second-order valence-electron chi connectivity index (χ2n) is 5.53. The number of hydrogen-bond acceptors (Lipinski definition) is 4. The minimum atomic E-state index is -0.571. The first kappa shape index (κ1) is 14.8. The van der Waals surface area contributed by atoms with Crippen LogP contribution in [0.15, 0.2) is 16.6 Å². The van der Waals surface area contributed by atoms with Crippen molar-refractivity contribution in [1.82, 2.24) is 0 Å². The van der Waals surface area contributed by atoms with Crippen LogP contribution >= 0.6 is 15.9 Å². The molecule has 2 heterocycles. The highest BCUT2D eigenvalue weighted by Crippen LogP contribution is 2.38. The summed E-state index contributed by atoms with van der Waals surface area (Å²) in [6.45, 7) is 4.74. The first-order valence-corrected chi connectivity index (χ1v) is 8.16. The standard InChI is InChI=1S/C15H20BrN3O2/c1-2-19(8-9-4-3-5-21-9)13-7-12-10(6-11(13)16)14(17)15(20)18-12/h6-7,9,14H,2-5,8,17H2,1H3,(H,18,20). The van der Waals surface area contributed by atoms with Crippen molar-refractivity contribution in [3.8, 4) is 0 Å². The fourth-order valence-electron chi connectivity index (χ4n) is 2.97. The number of nitrogens with two attached hydrogens (primary N) is 1. The van der Waals surface area contributed by atoms with Crippen LogP contribution in [0, 0.1) is 0 Å². The monoisotopic (exact) mass is 353 g/mol. The van der Waals surface area contributed by atoms with Gasteiger partial charge in [0.2, 0.25) is 5.91 Å². The predicted molar refractivity (Wildman–Crippen MR) is 86.6 cm³/mol. The van der Waals surface area contributed by atoms with Gasteiger partial charge in [0.25, 0.3) is 0 Å². The van der Waals surface area contributed by atoms with Gasteiger partial charge in [-0.3, -0.25) is 4.79 Å². The number of carbonyl (C=O) groups excluding carboxylic acids is 1. The Labute approximate surface area is 132 Å². The van der Waals surface area contributed by atoms with E-state index in [1.54, 1.807) is 0 Å². The van der Waals surface area contributed by atoms with Crippen molar-refractivity contribution < 1.29 is 9.53 Å². The molecule has 0 bridgehead atoms. The number of anilines is 2. The van der Waals surface area contributed by atoms with E-state index in [1.165, 1.54) is 0 Å². The molecule has 6 heteroatoms. The van der Waals surface area contributed by atoms with Gasteiger partial charge in [0.1, 0.15) is 6.04 Å². The lowest BCUT2D eigenvalue weighted by Gasteiger charge is -2.27. The Morgan fingerprint density at radius 3 is 3.00 bits per heavy atom. The SMILES string of the molecule is CCN(CC1CCCO1)c1cc2c(cc1Br)C(N)C(=O)N2. The first-order valence-electron chi connectivity index (χ1n) is 7.36. The molecule has 3 N–H and O–H groups in total. The third-order valence-electron chi connectivity index (χ3n) is 4.16. The summed E-state index contributed by atoms with van der Waals surface area (Å²) >= 11 is 3.61. The molecule has 0 aromatic heterocycles. The number of nitrogens with one attached hydrogen (secondary N) is 1. The Hall–Kier alpha value is -1.11. The number of amides is 1. The molecule has 1 saturated heterocycles. The molecule has 21 heavy (non-hydrogen) atoms. The number of likely N-dealkylation sites (N-methyl/N-ethyl adjacent to an activating group) is 1. The van der Waals surface area contributed by atoms with Crippen LogP contribution in [-0.4, -0.2) is 31.7 Å². The van der Waals surface area contributed by atoms with Gasteiger partial charge in [-0.15, -0.1) is 0 Å². The van der Waals surface area contributed by atoms with E-state index in [0.717, 1.165) is 53.9 Å². The number of ether oxygens (including phenoxy) is 1. The normalized spacial score (nSPS) is 24.0. The molecule has 1 aromatic rings. The molecular formula is C15H20BrN3O2. The molecule has 5 nitrogen and oxygen atoms in total. The lowest BCUT2D eigenvalue weighted by Crippen LogP contribution is -2.32. The molecule has 1 amide bonds. The molecule has 2 aliphatic heterocycles. The third kappa shape index (κ3) is 2.80. The van der Waals surface area contributed by atoms with E-state index in [-0.39, 0.29) is 5.91 Å². The molecule has 114 valence electrons. The smallest absolute Gasteiger partial charge is 0.245 e. The molecule has 2 aliphatic rings. The molecule has 2 unspecified atom stereocenters. The second kappa shape index (κ2) is 5.94. The minimum Gasteiger partial charge on any atom is -0.376 e. The topological polar surface area (TPSA) is 67.6 Å². The van der Waals surface area contributed by atoms with Gasteiger partial charge in [-0.05, 0) is 47.8 Å². The third-order valence-corrected chi connectivity index (χ3v) is 4.80. The number of benzene rings is 1. The van der Waals surface area contributed by atoms with Crippen LogP contribution < -0.4 is 16.0 Å².